The van der Waals surface area contributed by atoms with Crippen molar-refractivity contribution in [2.45, 2.75) is 15.0 Å². The lowest BCUT2D eigenvalue weighted by Crippen LogP contribution is -2.30. The third kappa shape index (κ3) is 4.34. The molecule has 1 aromatic heterocycles. The highest BCUT2D eigenvalue weighted by molar-refractivity contribution is 8.00. The lowest BCUT2D eigenvalue weighted by atomic mass is 10.2. The molecule has 5 rings (SSSR count). The topological polar surface area (TPSA) is 77.7 Å². The normalized spacial score (nSPS) is 12.1. The molecule has 4 aromatic rings. The minimum Gasteiger partial charge on any atom is -0.493 e. The average Bonchev–Trinajstić information content (AvgIpc) is 3.34. The van der Waals surface area contributed by atoms with E-state index >= 15 is 0 Å². The number of hydrogen-bond donors (Lipinski definition) is 0. The Labute approximate surface area is 209 Å². The minimum absolute atomic E-state index is 0.110. The first-order valence-electron chi connectivity index (χ1n) is 10.2. The molecule has 0 saturated carbocycles. The molecular weight excluding hydrogens is 494 g/mol. The van der Waals surface area contributed by atoms with Crippen molar-refractivity contribution in [1.29, 1.82) is 0 Å². The fourth-order valence-corrected chi connectivity index (χ4v) is 5.36. The van der Waals surface area contributed by atoms with Gasteiger partial charge < -0.3 is 13.9 Å². The number of carbonyl (C=O) groups excluding carboxylic acids is 1. The van der Waals surface area contributed by atoms with Gasteiger partial charge in [0.2, 0.25) is 11.8 Å². The number of aromatic nitrogens is 2. The third-order valence-electron chi connectivity index (χ3n) is 5.09. The molecule has 10 heteroatoms. The van der Waals surface area contributed by atoms with Crippen LogP contribution in [0, 0.1) is 0 Å². The molecule has 0 radical (unpaired) electrons. The number of thioether (sulfide) groups is 1. The Morgan fingerprint density at radius 2 is 1.79 bits per heavy atom. The zero-order valence-corrected chi connectivity index (χ0v) is 20.5. The molecule has 0 spiro atoms. The predicted molar refractivity (Wildman–Crippen MR) is 133 cm³/mol. The molecule has 0 unspecified atom stereocenters. The van der Waals surface area contributed by atoms with Crippen molar-refractivity contribution < 1.29 is 18.7 Å². The number of benzene rings is 3. The van der Waals surface area contributed by atoms with Gasteiger partial charge in [0.05, 0.1) is 31.3 Å². The summed E-state index contributed by atoms with van der Waals surface area (Å²) in [5, 5.41) is 9.07. The third-order valence-corrected chi connectivity index (χ3v) is 7.26. The molecule has 3 aromatic carbocycles. The highest BCUT2D eigenvalue weighted by Crippen LogP contribution is 2.49. The van der Waals surface area contributed by atoms with E-state index in [4.69, 9.17) is 25.5 Å². The van der Waals surface area contributed by atoms with Gasteiger partial charge in [0.15, 0.2) is 11.5 Å². The highest BCUT2D eigenvalue weighted by Gasteiger charge is 2.28. The van der Waals surface area contributed by atoms with Gasteiger partial charge in [-0.2, -0.15) is 0 Å². The van der Waals surface area contributed by atoms with E-state index in [1.807, 2.05) is 42.5 Å². The quantitative estimate of drug-likeness (QED) is 0.278. The molecule has 0 atom stereocenters. The molecule has 2 heterocycles. The summed E-state index contributed by atoms with van der Waals surface area (Å²) in [5.74, 6) is 1.48. The van der Waals surface area contributed by atoms with Crippen LogP contribution < -0.4 is 14.4 Å². The van der Waals surface area contributed by atoms with E-state index in [9.17, 15) is 4.79 Å². The maximum atomic E-state index is 13.4. The smallest absolute Gasteiger partial charge is 0.277 e. The second kappa shape index (κ2) is 9.61. The van der Waals surface area contributed by atoms with Gasteiger partial charge in [-0.1, -0.05) is 47.3 Å². The second-order valence-electron chi connectivity index (χ2n) is 7.14. The maximum Gasteiger partial charge on any atom is 0.277 e. The first-order valence-corrected chi connectivity index (χ1v) is 12.3. The number of rotatable bonds is 6. The number of amides is 1. The lowest BCUT2D eigenvalue weighted by molar-refractivity contribution is -0.115. The Hall–Kier alpha value is -3.14. The SMILES string of the molecule is COc1ccc(-c2nnc(SCC(=O)N3c4ccccc4Sc4ccc(Cl)cc43)o2)cc1OC. The molecule has 34 heavy (non-hydrogen) atoms. The summed E-state index contributed by atoms with van der Waals surface area (Å²) in [7, 11) is 3.13. The number of fused-ring (bicyclic) bond motifs is 2. The molecule has 0 aliphatic carbocycles. The Kier molecular flexibility index (Phi) is 6.40. The van der Waals surface area contributed by atoms with Gasteiger partial charge in [0, 0.05) is 20.4 Å². The van der Waals surface area contributed by atoms with Crippen LogP contribution in [0.3, 0.4) is 0 Å². The monoisotopic (exact) mass is 511 g/mol. The molecule has 1 amide bonds. The summed E-state index contributed by atoms with van der Waals surface area (Å²) >= 11 is 9.04. The summed E-state index contributed by atoms with van der Waals surface area (Å²) in [6.07, 6.45) is 0. The van der Waals surface area contributed by atoms with Gasteiger partial charge in [-0.05, 0) is 48.5 Å². The maximum absolute atomic E-state index is 13.4. The minimum atomic E-state index is -0.118. The average molecular weight is 512 g/mol. The fourth-order valence-electron chi connectivity index (χ4n) is 3.54. The first-order chi connectivity index (χ1) is 16.6. The van der Waals surface area contributed by atoms with Gasteiger partial charge in [-0.3, -0.25) is 9.69 Å². The zero-order chi connectivity index (χ0) is 23.7. The van der Waals surface area contributed by atoms with E-state index < -0.39 is 0 Å². The molecule has 0 fully saturated rings. The van der Waals surface area contributed by atoms with Crippen LogP contribution in [0.5, 0.6) is 11.5 Å². The lowest BCUT2D eigenvalue weighted by Gasteiger charge is -2.31. The standard InChI is InChI=1S/C24H18ClN3O4S2/c1-30-18-9-7-14(11-19(18)31-2)23-26-27-24(32-23)33-13-22(29)28-16-5-3-4-6-20(16)34-21-10-8-15(25)12-17(21)28/h3-12H,13H2,1-2H3. The number of anilines is 2. The zero-order valence-electron chi connectivity index (χ0n) is 18.1. The number of ether oxygens (including phenoxy) is 2. The molecule has 1 aliphatic heterocycles. The van der Waals surface area contributed by atoms with E-state index in [1.165, 1.54) is 11.8 Å². The summed E-state index contributed by atoms with van der Waals surface area (Å²) in [6.45, 7) is 0. The van der Waals surface area contributed by atoms with Gasteiger partial charge in [0.1, 0.15) is 0 Å². The molecule has 0 N–H and O–H groups in total. The molecule has 1 aliphatic rings. The second-order valence-corrected chi connectivity index (χ2v) is 9.59. The number of carbonyl (C=O) groups is 1. The van der Waals surface area contributed by atoms with Crippen molar-refractivity contribution >= 4 is 52.4 Å². The van der Waals surface area contributed by atoms with Crippen molar-refractivity contribution in [3.8, 4) is 23.0 Å². The molecule has 0 bridgehead atoms. The first kappa shape index (κ1) is 22.6. The van der Waals surface area contributed by atoms with E-state index in [1.54, 1.807) is 49.1 Å². The van der Waals surface area contributed by atoms with Crippen LogP contribution in [0.4, 0.5) is 11.4 Å². The Balaban J connectivity index is 1.36. The van der Waals surface area contributed by atoms with Crippen molar-refractivity contribution in [2.24, 2.45) is 0 Å². The molecule has 0 saturated heterocycles. The predicted octanol–water partition coefficient (Wildman–Crippen LogP) is 6.33. The molecule has 172 valence electrons. The highest BCUT2D eigenvalue weighted by atomic mass is 35.5. The van der Waals surface area contributed by atoms with Gasteiger partial charge >= 0.3 is 0 Å². The Bertz CT molecular complexity index is 1380. The number of methoxy groups -OCH3 is 2. The van der Waals surface area contributed by atoms with Crippen molar-refractivity contribution in [3.05, 3.63) is 65.7 Å². The largest absolute Gasteiger partial charge is 0.493 e. The van der Waals surface area contributed by atoms with Crippen molar-refractivity contribution in [2.75, 3.05) is 24.9 Å². The summed E-state index contributed by atoms with van der Waals surface area (Å²) in [5.41, 5.74) is 2.27. The summed E-state index contributed by atoms with van der Waals surface area (Å²) in [4.78, 5) is 17.0. The number of hydrogen-bond acceptors (Lipinski definition) is 8. The number of halogens is 1. The van der Waals surface area contributed by atoms with Crippen LogP contribution in [0.25, 0.3) is 11.5 Å². The van der Waals surface area contributed by atoms with Gasteiger partial charge in [-0.25, -0.2) is 0 Å². The summed E-state index contributed by atoms with van der Waals surface area (Å²) < 4.78 is 16.4. The van der Waals surface area contributed by atoms with Crippen LogP contribution in [0.1, 0.15) is 0 Å². The van der Waals surface area contributed by atoms with E-state index in [2.05, 4.69) is 10.2 Å². The van der Waals surface area contributed by atoms with Crippen LogP contribution in [0.2, 0.25) is 5.02 Å². The van der Waals surface area contributed by atoms with Crippen molar-refractivity contribution in [1.82, 2.24) is 10.2 Å². The van der Waals surface area contributed by atoms with E-state index in [-0.39, 0.29) is 11.7 Å². The Morgan fingerprint density at radius 1 is 1.00 bits per heavy atom. The van der Waals surface area contributed by atoms with Crippen LogP contribution >= 0.6 is 35.1 Å². The van der Waals surface area contributed by atoms with Gasteiger partial charge in [-0.15, -0.1) is 10.2 Å². The fraction of sp³-hybridized carbons (Fsp3) is 0.125. The van der Waals surface area contributed by atoms with Crippen LogP contribution in [0.15, 0.2) is 80.1 Å². The Morgan fingerprint density at radius 3 is 2.62 bits per heavy atom. The number of para-hydroxylation sites is 1. The van der Waals surface area contributed by atoms with Crippen molar-refractivity contribution in [3.63, 3.8) is 0 Å². The summed E-state index contributed by atoms with van der Waals surface area (Å²) in [6, 6.07) is 18.7. The van der Waals surface area contributed by atoms with E-state index in [0.29, 0.717) is 33.2 Å². The number of nitrogens with zero attached hydrogens (tertiary/aromatic N) is 3. The van der Waals surface area contributed by atoms with Crippen LogP contribution in [-0.4, -0.2) is 36.1 Å². The molecule has 7 nitrogen and oxygen atoms in total. The van der Waals surface area contributed by atoms with Crippen LogP contribution in [-0.2, 0) is 4.79 Å². The van der Waals surface area contributed by atoms with E-state index in [0.717, 1.165) is 21.2 Å². The van der Waals surface area contributed by atoms with Gasteiger partial charge in [0.25, 0.3) is 5.22 Å². The molecular formula is C24H18ClN3O4S2.